The molecule has 104 valence electrons. The standard InChI is InChI=1S/C15H19Cl2NO/c1-15(2)13(10-4-3-7-19-14(10)15)18-9-5-6-11(16)12(17)8-9/h5-6,8,10,13-14,18H,3-4,7H2,1-2H3. The average molecular weight is 300 g/mol. The first kappa shape index (κ1) is 13.5. The minimum Gasteiger partial charge on any atom is -0.381 e. The lowest BCUT2D eigenvalue weighted by Gasteiger charge is -2.60. The van der Waals surface area contributed by atoms with E-state index in [-0.39, 0.29) is 5.41 Å². The Morgan fingerprint density at radius 2 is 2.05 bits per heavy atom. The number of hydrogen-bond acceptors (Lipinski definition) is 2. The number of nitrogens with one attached hydrogen (secondary N) is 1. The van der Waals surface area contributed by atoms with E-state index in [0.29, 0.717) is 28.1 Å². The van der Waals surface area contributed by atoms with Gasteiger partial charge >= 0.3 is 0 Å². The van der Waals surface area contributed by atoms with Gasteiger partial charge in [-0.1, -0.05) is 37.0 Å². The predicted molar refractivity (Wildman–Crippen MR) is 80.1 cm³/mol. The molecule has 0 bridgehead atoms. The van der Waals surface area contributed by atoms with Crippen LogP contribution in [0.1, 0.15) is 26.7 Å². The number of anilines is 1. The second-order valence-corrected chi connectivity index (χ2v) is 6.98. The van der Waals surface area contributed by atoms with E-state index >= 15 is 0 Å². The van der Waals surface area contributed by atoms with Crippen LogP contribution in [0.3, 0.4) is 0 Å². The van der Waals surface area contributed by atoms with Crippen molar-refractivity contribution in [3.63, 3.8) is 0 Å². The summed E-state index contributed by atoms with van der Waals surface area (Å²) in [6, 6.07) is 6.17. The van der Waals surface area contributed by atoms with Gasteiger partial charge in [0.2, 0.25) is 0 Å². The number of ether oxygens (including phenoxy) is 1. The molecule has 1 aliphatic heterocycles. The van der Waals surface area contributed by atoms with Crippen molar-refractivity contribution < 1.29 is 4.74 Å². The molecular formula is C15H19Cl2NO. The number of rotatable bonds is 2. The van der Waals surface area contributed by atoms with Crippen LogP contribution in [-0.2, 0) is 4.74 Å². The number of halogens is 2. The fraction of sp³-hybridized carbons (Fsp3) is 0.600. The molecule has 1 heterocycles. The second-order valence-electron chi connectivity index (χ2n) is 6.17. The van der Waals surface area contributed by atoms with Crippen molar-refractivity contribution in [3.05, 3.63) is 28.2 Å². The minimum atomic E-state index is 0.164. The molecule has 2 nitrogen and oxygen atoms in total. The Balaban J connectivity index is 1.77. The molecule has 2 aliphatic rings. The van der Waals surface area contributed by atoms with Crippen LogP contribution in [0.15, 0.2) is 18.2 Å². The van der Waals surface area contributed by atoms with Gasteiger partial charge in [0.25, 0.3) is 0 Å². The Morgan fingerprint density at radius 1 is 1.26 bits per heavy atom. The van der Waals surface area contributed by atoms with Crippen molar-refractivity contribution in [3.8, 4) is 0 Å². The zero-order valence-electron chi connectivity index (χ0n) is 11.2. The topological polar surface area (TPSA) is 21.3 Å². The van der Waals surface area contributed by atoms with Gasteiger partial charge in [0.1, 0.15) is 0 Å². The third-order valence-corrected chi connectivity index (χ3v) is 5.31. The molecule has 1 aromatic carbocycles. The molecule has 1 aromatic rings. The zero-order chi connectivity index (χ0) is 13.6. The molecule has 3 unspecified atom stereocenters. The molecule has 2 fully saturated rings. The highest BCUT2D eigenvalue weighted by molar-refractivity contribution is 6.42. The van der Waals surface area contributed by atoms with E-state index in [9.17, 15) is 0 Å². The van der Waals surface area contributed by atoms with Crippen molar-refractivity contribution in [2.24, 2.45) is 11.3 Å². The van der Waals surface area contributed by atoms with Gasteiger partial charge in [-0.2, -0.15) is 0 Å². The van der Waals surface area contributed by atoms with Crippen molar-refractivity contribution in [1.82, 2.24) is 0 Å². The van der Waals surface area contributed by atoms with Gasteiger partial charge < -0.3 is 10.1 Å². The molecule has 3 atom stereocenters. The molecule has 0 radical (unpaired) electrons. The highest BCUT2D eigenvalue weighted by Gasteiger charge is 2.57. The quantitative estimate of drug-likeness (QED) is 0.861. The first-order valence-electron chi connectivity index (χ1n) is 6.83. The normalized spacial score (nSPS) is 32.3. The van der Waals surface area contributed by atoms with Crippen LogP contribution in [0, 0.1) is 11.3 Å². The highest BCUT2D eigenvalue weighted by atomic mass is 35.5. The summed E-state index contributed by atoms with van der Waals surface area (Å²) < 4.78 is 5.92. The lowest BCUT2D eigenvalue weighted by atomic mass is 9.55. The molecule has 1 N–H and O–H groups in total. The van der Waals surface area contributed by atoms with Gasteiger partial charge in [-0.15, -0.1) is 0 Å². The first-order chi connectivity index (χ1) is 9.00. The number of benzene rings is 1. The van der Waals surface area contributed by atoms with Crippen LogP contribution < -0.4 is 5.32 Å². The summed E-state index contributed by atoms with van der Waals surface area (Å²) in [6.07, 6.45) is 2.80. The monoisotopic (exact) mass is 299 g/mol. The Bertz CT molecular complexity index is 489. The average Bonchev–Trinajstić information content (AvgIpc) is 2.40. The molecule has 0 aromatic heterocycles. The van der Waals surface area contributed by atoms with E-state index in [0.717, 1.165) is 18.7 Å². The zero-order valence-corrected chi connectivity index (χ0v) is 12.8. The first-order valence-corrected chi connectivity index (χ1v) is 7.59. The highest BCUT2D eigenvalue weighted by Crippen LogP contribution is 2.52. The van der Waals surface area contributed by atoms with Crippen LogP contribution in [0.2, 0.25) is 10.0 Å². The Labute approximate surface area is 124 Å². The van der Waals surface area contributed by atoms with Gasteiger partial charge in [0, 0.05) is 29.7 Å². The van der Waals surface area contributed by atoms with E-state index in [2.05, 4.69) is 19.2 Å². The van der Waals surface area contributed by atoms with Crippen molar-refractivity contribution >= 4 is 28.9 Å². The molecule has 1 saturated heterocycles. The predicted octanol–water partition coefficient (Wildman–Crippen LogP) is 4.61. The van der Waals surface area contributed by atoms with Crippen LogP contribution >= 0.6 is 23.2 Å². The maximum atomic E-state index is 6.07. The number of hydrogen-bond donors (Lipinski definition) is 1. The van der Waals surface area contributed by atoms with Crippen molar-refractivity contribution in [1.29, 1.82) is 0 Å². The minimum absolute atomic E-state index is 0.164. The Morgan fingerprint density at radius 3 is 2.79 bits per heavy atom. The van der Waals surface area contributed by atoms with Gasteiger partial charge in [0.15, 0.2) is 0 Å². The molecule has 0 spiro atoms. The summed E-state index contributed by atoms with van der Waals surface area (Å²) in [6.45, 7) is 5.45. The van der Waals surface area contributed by atoms with Crippen molar-refractivity contribution in [2.75, 3.05) is 11.9 Å². The summed E-state index contributed by atoms with van der Waals surface area (Å²) >= 11 is 12.0. The Kier molecular flexibility index (Phi) is 3.45. The SMILES string of the molecule is CC1(C)C(Nc2ccc(Cl)c(Cl)c2)C2CCCOC21. The third-order valence-electron chi connectivity index (χ3n) is 4.57. The summed E-state index contributed by atoms with van der Waals surface area (Å²) in [7, 11) is 0. The number of fused-ring (bicyclic) bond motifs is 1. The van der Waals surface area contributed by atoms with Crippen molar-refractivity contribution in [2.45, 2.75) is 38.8 Å². The van der Waals surface area contributed by atoms with E-state index in [4.69, 9.17) is 27.9 Å². The van der Waals surface area contributed by atoms with E-state index in [1.807, 2.05) is 18.2 Å². The second kappa shape index (κ2) is 4.83. The van der Waals surface area contributed by atoms with Gasteiger partial charge in [0.05, 0.1) is 16.1 Å². The van der Waals surface area contributed by atoms with E-state index in [1.54, 1.807) is 0 Å². The molecule has 1 aliphatic carbocycles. The maximum Gasteiger partial charge on any atom is 0.0693 e. The summed E-state index contributed by atoms with van der Waals surface area (Å²) in [5.41, 5.74) is 1.20. The molecule has 19 heavy (non-hydrogen) atoms. The maximum absolute atomic E-state index is 6.07. The fourth-order valence-electron chi connectivity index (χ4n) is 3.58. The van der Waals surface area contributed by atoms with Gasteiger partial charge in [-0.05, 0) is 31.0 Å². The summed E-state index contributed by atoms with van der Waals surface area (Å²) in [5.74, 6) is 0.609. The van der Waals surface area contributed by atoms with Crippen LogP contribution in [0.25, 0.3) is 0 Å². The molecule has 3 rings (SSSR count). The molecular weight excluding hydrogens is 281 g/mol. The van der Waals surface area contributed by atoms with E-state index < -0.39 is 0 Å². The summed E-state index contributed by atoms with van der Waals surface area (Å²) in [4.78, 5) is 0. The third kappa shape index (κ3) is 2.24. The van der Waals surface area contributed by atoms with Crippen LogP contribution in [0.5, 0.6) is 0 Å². The fourth-order valence-corrected chi connectivity index (χ4v) is 3.88. The molecule has 1 saturated carbocycles. The largest absolute Gasteiger partial charge is 0.381 e. The van der Waals surface area contributed by atoms with Gasteiger partial charge in [-0.3, -0.25) is 0 Å². The lowest BCUT2D eigenvalue weighted by molar-refractivity contribution is -0.177. The van der Waals surface area contributed by atoms with Crippen LogP contribution in [0.4, 0.5) is 5.69 Å². The van der Waals surface area contributed by atoms with Crippen LogP contribution in [-0.4, -0.2) is 18.8 Å². The smallest absolute Gasteiger partial charge is 0.0693 e. The Hall–Kier alpha value is -0.440. The lowest BCUT2D eigenvalue weighted by Crippen LogP contribution is -2.67. The summed E-state index contributed by atoms with van der Waals surface area (Å²) in [5, 5.41) is 4.81. The van der Waals surface area contributed by atoms with E-state index in [1.165, 1.54) is 6.42 Å². The molecule has 4 heteroatoms. The molecule has 0 amide bonds. The van der Waals surface area contributed by atoms with Gasteiger partial charge in [-0.25, -0.2) is 0 Å².